The van der Waals surface area contributed by atoms with E-state index < -0.39 is 6.36 Å². The Morgan fingerprint density at radius 3 is 2.24 bits per heavy atom. The van der Waals surface area contributed by atoms with Gasteiger partial charge in [0.15, 0.2) is 0 Å². The number of benzene rings is 2. The number of hydrogen-bond donors (Lipinski definition) is 0. The van der Waals surface area contributed by atoms with Gasteiger partial charge in [0.25, 0.3) is 0 Å². The molecule has 0 saturated carbocycles. The number of ether oxygens (including phenoxy) is 2. The Bertz CT molecular complexity index is 673. The zero-order chi connectivity index (χ0) is 15.5. The molecule has 0 aliphatic carbocycles. The quantitative estimate of drug-likeness (QED) is 0.854. The smallest absolute Gasteiger partial charge is 0.496 e. The van der Waals surface area contributed by atoms with E-state index in [1.165, 1.54) is 31.4 Å². The van der Waals surface area contributed by atoms with E-state index in [9.17, 15) is 13.2 Å². The van der Waals surface area contributed by atoms with Crippen LogP contribution in [0.2, 0.25) is 0 Å². The third-order valence-electron chi connectivity index (χ3n) is 2.73. The summed E-state index contributed by atoms with van der Waals surface area (Å²) in [6.45, 7) is 0. The number of hydrogen-bond acceptors (Lipinski definition) is 3. The van der Waals surface area contributed by atoms with Gasteiger partial charge in [0.2, 0.25) is 0 Å². The van der Waals surface area contributed by atoms with Gasteiger partial charge in [-0.25, -0.2) is 0 Å². The molecule has 0 unspecified atom stereocenters. The summed E-state index contributed by atoms with van der Waals surface area (Å²) in [5.74, 6) is 0.222. The predicted molar refractivity (Wildman–Crippen MR) is 69.8 cm³/mol. The summed E-state index contributed by atoms with van der Waals surface area (Å²) in [6.07, 6.45) is -4.72. The topological polar surface area (TPSA) is 42.2 Å². The summed E-state index contributed by atoms with van der Waals surface area (Å²) in [7, 11) is 1.48. The van der Waals surface area contributed by atoms with E-state index in [1.54, 1.807) is 18.2 Å². The first-order valence-corrected chi connectivity index (χ1v) is 5.87. The van der Waals surface area contributed by atoms with E-state index >= 15 is 0 Å². The number of rotatable bonds is 3. The van der Waals surface area contributed by atoms with Crippen LogP contribution in [0, 0.1) is 11.3 Å². The van der Waals surface area contributed by atoms with Crippen LogP contribution in [0.15, 0.2) is 42.5 Å². The maximum atomic E-state index is 12.1. The van der Waals surface area contributed by atoms with Gasteiger partial charge in [-0.15, -0.1) is 13.2 Å². The van der Waals surface area contributed by atoms with Crippen molar-refractivity contribution in [2.75, 3.05) is 7.11 Å². The number of methoxy groups -OCH3 is 1. The molecule has 0 amide bonds. The molecule has 0 radical (unpaired) electrons. The molecule has 2 aromatic rings. The highest BCUT2D eigenvalue weighted by molar-refractivity contribution is 5.72. The molecule has 2 aromatic carbocycles. The van der Waals surface area contributed by atoms with E-state index in [1.807, 2.05) is 6.07 Å². The van der Waals surface area contributed by atoms with Crippen molar-refractivity contribution in [3.8, 4) is 28.7 Å². The minimum absolute atomic E-state index is 0.304. The minimum Gasteiger partial charge on any atom is -0.496 e. The van der Waals surface area contributed by atoms with Gasteiger partial charge in [-0.2, -0.15) is 5.26 Å². The highest BCUT2D eigenvalue weighted by atomic mass is 19.4. The maximum absolute atomic E-state index is 12.1. The molecular formula is C15H10F3NO2. The molecule has 0 aromatic heterocycles. The van der Waals surface area contributed by atoms with Gasteiger partial charge in [0.1, 0.15) is 11.5 Å². The lowest BCUT2D eigenvalue weighted by molar-refractivity contribution is -0.274. The molecule has 3 nitrogen and oxygen atoms in total. The van der Waals surface area contributed by atoms with Crippen molar-refractivity contribution in [2.24, 2.45) is 0 Å². The average molecular weight is 293 g/mol. The van der Waals surface area contributed by atoms with Gasteiger partial charge in [0, 0.05) is 5.56 Å². The second-order valence-corrected chi connectivity index (χ2v) is 4.10. The second-order valence-electron chi connectivity index (χ2n) is 4.10. The molecule has 0 saturated heterocycles. The van der Waals surface area contributed by atoms with Crippen LogP contribution in [0.25, 0.3) is 11.1 Å². The molecule has 0 aliphatic rings. The lowest BCUT2D eigenvalue weighted by atomic mass is 10.0. The Kier molecular flexibility index (Phi) is 4.03. The van der Waals surface area contributed by atoms with E-state index in [2.05, 4.69) is 4.74 Å². The van der Waals surface area contributed by atoms with Crippen molar-refractivity contribution >= 4 is 0 Å². The summed E-state index contributed by atoms with van der Waals surface area (Å²) in [4.78, 5) is 0. The first-order chi connectivity index (χ1) is 9.93. The monoisotopic (exact) mass is 293 g/mol. The number of alkyl halides is 3. The molecule has 108 valence electrons. The molecule has 0 fully saturated rings. The highest BCUT2D eigenvalue weighted by Gasteiger charge is 2.30. The fraction of sp³-hybridized carbons (Fsp3) is 0.133. The summed E-state index contributed by atoms with van der Waals surface area (Å²) in [6, 6.07) is 12.2. The summed E-state index contributed by atoms with van der Waals surface area (Å²) >= 11 is 0. The Balaban J connectivity index is 2.37. The van der Waals surface area contributed by atoms with Crippen LogP contribution in [0.5, 0.6) is 11.5 Å². The van der Waals surface area contributed by atoms with Crippen molar-refractivity contribution < 1.29 is 22.6 Å². The highest BCUT2D eigenvalue weighted by Crippen LogP contribution is 2.32. The molecule has 0 spiro atoms. The van der Waals surface area contributed by atoms with E-state index in [0.29, 0.717) is 22.4 Å². The van der Waals surface area contributed by atoms with E-state index in [4.69, 9.17) is 10.00 Å². The summed E-state index contributed by atoms with van der Waals surface area (Å²) in [5.41, 5.74) is 1.68. The van der Waals surface area contributed by atoms with Gasteiger partial charge >= 0.3 is 6.36 Å². The Labute approximate surface area is 119 Å². The normalized spacial score (nSPS) is 10.8. The maximum Gasteiger partial charge on any atom is 0.573 e. The Morgan fingerprint density at radius 2 is 1.71 bits per heavy atom. The van der Waals surface area contributed by atoms with Gasteiger partial charge in [-0.3, -0.25) is 0 Å². The fourth-order valence-electron chi connectivity index (χ4n) is 1.84. The van der Waals surface area contributed by atoms with E-state index in [-0.39, 0.29) is 5.75 Å². The fourth-order valence-corrected chi connectivity index (χ4v) is 1.84. The van der Waals surface area contributed by atoms with Crippen LogP contribution in [0.1, 0.15) is 5.56 Å². The molecule has 0 atom stereocenters. The predicted octanol–water partition coefficient (Wildman–Crippen LogP) is 4.13. The molecule has 2 rings (SSSR count). The van der Waals surface area contributed by atoms with Crippen molar-refractivity contribution in [1.82, 2.24) is 0 Å². The third-order valence-corrected chi connectivity index (χ3v) is 2.73. The second kappa shape index (κ2) is 5.75. The van der Waals surface area contributed by atoms with Crippen LogP contribution in [0.4, 0.5) is 13.2 Å². The number of halogens is 3. The van der Waals surface area contributed by atoms with Crippen LogP contribution in [-0.2, 0) is 0 Å². The summed E-state index contributed by atoms with van der Waals surface area (Å²) in [5, 5.41) is 8.91. The lowest BCUT2D eigenvalue weighted by Gasteiger charge is -2.11. The van der Waals surface area contributed by atoms with Crippen LogP contribution in [-0.4, -0.2) is 13.5 Å². The first-order valence-electron chi connectivity index (χ1n) is 5.87. The first kappa shape index (κ1) is 14.7. The number of nitriles is 1. The third kappa shape index (κ3) is 3.66. The minimum atomic E-state index is -4.72. The Hall–Kier alpha value is -2.68. The molecular weight excluding hydrogens is 283 g/mol. The zero-order valence-corrected chi connectivity index (χ0v) is 10.9. The molecule has 21 heavy (non-hydrogen) atoms. The molecule has 0 heterocycles. The van der Waals surface area contributed by atoms with Crippen LogP contribution < -0.4 is 9.47 Å². The van der Waals surface area contributed by atoms with Crippen molar-refractivity contribution in [2.45, 2.75) is 6.36 Å². The SMILES string of the molecule is COc1ccc(C#N)cc1-c1ccc(OC(F)(F)F)cc1. The van der Waals surface area contributed by atoms with Gasteiger partial charge in [0.05, 0.1) is 18.7 Å². The largest absolute Gasteiger partial charge is 0.573 e. The van der Waals surface area contributed by atoms with Gasteiger partial charge in [-0.05, 0) is 35.9 Å². The summed E-state index contributed by atoms with van der Waals surface area (Å²) < 4.78 is 45.3. The number of nitrogens with zero attached hydrogens (tertiary/aromatic N) is 1. The lowest BCUT2D eigenvalue weighted by Crippen LogP contribution is -2.16. The average Bonchev–Trinajstić information content (AvgIpc) is 2.45. The zero-order valence-electron chi connectivity index (χ0n) is 10.9. The Morgan fingerprint density at radius 1 is 1.05 bits per heavy atom. The molecule has 0 aliphatic heterocycles. The van der Waals surface area contributed by atoms with Crippen molar-refractivity contribution in [3.63, 3.8) is 0 Å². The molecule has 6 heteroatoms. The standard InChI is InChI=1S/C15H10F3NO2/c1-20-14-7-2-10(9-19)8-13(14)11-3-5-12(6-4-11)21-15(16,17)18/h2-8H,1H3. The van der Waals surface area contributed by atoms with Gasteiger partial charge < -0.3 is 9.47 Å². The van der Waals surface area contributed by atoms with E-state index in [0.717, 1.165) is 0 Å². The molecule has 0 N–H and O–H groups in total. The van der Waals surface area contributed by atoms with Crippen LogP contribution >= 0.6 is 0 Å². The van der Waals surface area contributed by atoms with Crippen molar-refractivity contribution in [3.05, 3.63) is 48.0 Å². The molecule has 0 bridgehead atoms. The van der Waals surface area contributed by atoms with Crippen LogP contribution in [0.3, 0.4) is 0 Å². The van der Waals surface area contributed by atoms with Crippen molar-refractivity contribution in [1.29, 1.82) is 5.26 Å². The van der Waals surface area contributed by atoms with Gasteiger partial charge in [-0.1, -0.05) is 12.1 Å².